The van der Waals surface area contributed by atoms with Crippen molar-refractivity contribution in [1.29, 1.82) is 0 Å². The highest BCUT2D eigenvalue weighted by molar-refractivity contribution is 5.69. The number of aromatic nitrogens is 2. The highest BCUT2D eigenvalue weighted by Crippen LogP contribution is 2.32. The fourth-order valence-electron chi connectivity index (χ4n) is 2.40. The van der Waals surface area contributed by atoms with Crippen LogP contribution in [0.15, 0.2) is 18.3 Å². The third-order valence-corrected chi connectivity index (χ3v) is 3.57. The van der Waals surface area contributed by atoms with Crippen LogP contribution in [0.5, 0.6) is 0 Å². The van der Waals surface area contributed by atoms with Crippen molar-refractivity contribution in [2.24, 2.45) is 7.05 Å². The smallest absolute Gasteiger partial charge is 0.200 e. The van der Waals surface area contributed by atoms with Gasteiger partial charge in [0.1, 0.15) is 0 Å². The van der Waals surface area contributed by atoms with Gasteiger partial charge in [0.2, 0.25) is 0 Å². The molecule has 19 heavy (non-hydrogen) atoms. The second-order valence-electron chi connectivity index (χ2n) is 6.33. The average molecular weight is 257 g/mol. The number of anilines is 1. The van der Waals surface area contributed by atoms with Crippen LogP contribution in [0.3, 0.4) is 0 Å². The fourth-order valence-corrected chi connectivity index (χ4v) is 2.40. The molecule has 0 aliphatic heterocycles. The Bertz CT molecular complexity index is 573. The van der Waals surface area contributed by atoms with E-state index in [1.54, 1.807) is 0 Å². The summed E-state index contributed by atoms with van der Waals surface area (Å²) in [5.41, 5.74) is 12.0. The number of hydrogen-bond acceptors (Lipinski definition) is 2. The molecule has 0 bridgehead atoms. The lowest BCUT2D eigenvalue weighted by atomic mass is 9.83. The summed E-state index contributed by atoms with van der Waals surface area (Å²) >= 11 is 0. The zero-order chi connectivity index (χ0) is 14.4. The molecule has 0 spiro atoms. The topological polar surface area (TPSA) is 43.8 Å². The fraction of sp³-hybridized carbons (Fsp3) is 0.438. The first-order valence-electron chi connectivity index (χ1n) is 6.61. The van der Waals surface area contributed by atoms with Gasteiger partial charge in [-0.1, -0.05) is 32.9 Å². The first kappa shape index (κ1) is 13.7. The molecule has 0 aliphatic rings. The van der Waals surface area contributed by atoms with E-state index in [-0.39, 0.29) is 5.41 Å². The van der Waals surface area contributed by atoms with Crippen molar-refractivity contribution in [3.63, 3.8) is 0 Å². The van der Waals surface area contributed by atoms with Gasteiger partial charge in [-0.05, 0) is 36.0 Å². The number of rotatable bonds is 1. The molecule has 1 aromatic heterocycles. The Kier molecular flexibility index (Phi) is 3.17. The van der Waals surface area contributed by atoms with Gasteiger partial charge in [-0.2, -0.15) is 0 Å². The highest BCUT2D eigenvalue weighted by atomic mass is 15.1. The van der Waals surface area contributed by atoms with Crippen LogP contribution in [0.1, 0.15) is 37.5 Å². The van der Waals surface area contributed by atoms with Crippen LogP contribution >= 0.6 is 0 Å². The molecule has 0 atom stereocenters. The van der Waals surface area contributed by atoms with Gasteiger partial charge in [-0.3, -0.25) is 0 Å². The third-order valence-electron chi connectivity index (χ3n) is 3.57. The maximum Gasteiger partial charge on any atom is 0.200 e. The summed E-state index contributed by atoms with van der Waals surface area (Å²) < 4.78 is 1.85. The third kappa shape index (κ3) is 2.50. The van der Waals surface area contributed by atoms with Crippen molar-refractivity contribution in [1.82, 2.24) is 9.55 Å². The molecule has 0 saturated carbocycles. The minimum absolute atomic E-state index is 0.164. The van der Waals surface area contributed by atoms with E-state index in [0.717, 1.165) is 5.69 Å². The van der Waals surface area contributed by atoms with Gasteiger partial charge in [-0.15, -0.1) is 0 Å². The average Bonchev–Trinajstić information content (AvgIpc) is 2.56. The molecule has 0 aliphatic carbocycles. The predicted octanol–water partition coefficient (Wildman–Crippen LogP) is 3.58. The Morgan fingerprint density at radius 2 is 1.63 bits per heavy atom. The minimum Gasteiger partial charge on any atom is -0.369 e. The van der Waals surface area contributed by atoms with Gasteiger partial charge in [-0.25, -0.2) is 4.98 Å². The van der Waals surface area contributed by atoms with Crippen LogP contribution in [-0.2, 0) is 12.5 Å². The van der Waals surface area contributed by atoms with Gasteiger partial charge in [0.05, 0.1) is 5.69 Å². The largest absolute Gasteiger partial charge is 0.369 e. The van der Waals surface area contributed by atoms with E-state index in [9.17, 15) is 0 Å². The number of imidazole rings is 1. The molecule has 0 radical (unpaired) electrons. The zero-order valence-electron chi connectivity index (χ0n) is 12.7. The number of nitrogens with two attached hydrogens (primary N) is 1. The second-order valence-corrected chi connectivity index (χ2v) is 6.33. The van der Waals surface area contributed by atoms with Gasteiger partial charge < -0.3 is 10.3 Å². The molecule has 3 heteroatoms. The van der Waals surface area contributed by atoms with Crippen LogP contribution in [-0.4, -0.2) is 9.55 Å². The second kappa shape index (κ2) is 4.41. The molecule has 102 valence electrons. The Morgan fingerprint density at radius 3 is 2.00 bits per heavy atom. The molecule has 3 nitrogen and oxygen atoms in total. The molecule has 0 amide bonds. The summed E-state index contributed by atoms with van der Waals surface area (Å²) in [7, 11) is 1.92. The van der Waals surface area contributed by atoms with E-state index < -0.39 is 0 Å². The first-order chi connectivity index (χ1) is 8.70. The minimum atomic E-state index is 0.164. The quantitative estimate of drug-likeness (QED) is 0.848. The molecule has 0 unspecified atom stereocenters. The number of nitrogens with zero attached hydrogens (tertiary/aromatic N) is 2. The monoisotopic (exact) mass is 257 g/mol. The van der Waals surface area contributed by atoms with E-state index in [0.29, 0.717) is 5.95 Å². The van der Waals surface area contributed by atoms with Crippen LogP contribution in [0.2, 0.25) is 0 Å². The summed E-state index contributed by atoms with van der Waals surface area (Å²) in [5, 5.41) is 0. The zero-order valence-corrected chi connectivity index (χ0v) is 12.7. The molecule has 2 aromatic rings. The standard InChI is InChI=1S/C16H23N3/c1-10-7-12(16(3,4)5)8-11(2)14(10)13-9-19(6)15(17)18-13/h7-9H,1-6H3,(H2,17,18). The van der Waals surface area contributed by atoms with Gasteiger partial charge >= 0.3 is 0 Å². The first-order valence-corrected chi connectivity index (χ1v) is 6.61. The molecule has 0 fully saturated rings. The van der Waals surface area contributed by atoms with Crippen molar-refractivity contribution >= 4 is 5.95 Å². The van der Waals surface area contributed by atoms with Crippen molar-refractivity contribution in [2.75, 3.05) is 5.73 Å². The SMILES string of the molecule is Cc1cc(C(C)(C)C)cc(C)c1-c1cn(C)c(N)n1. The number of benzene rings is 1. The number of nitrogen functional groups attached to an aromatic ring is 1. The summed E-state index contributed by atoms with van der Waals surface area (Å²) in [6.45, 7) is 11.0. The van der Waals surface area contributed by atoms with Crippen LogP contribution in [0.25, 0.3) is 11.3 Å². The highest BCUT2D eigenvalue weighted by Gasteiger charge is 2.18. The molecule has 2 N–H and O–H groups in total. The lowest BCUT2D eigenvalue weighted by Crippen LogP contribution is -2.12. The van der Waals surface area contributed by atoms with Crippen molar-refractivity contribution < 1.29 is 0 Å². The van der Waals surface area contributed by atoms with E-state index >= 15 is 0 Å². The summed E-state index contributed by atoms with van der Waals surface area (Å²) in [4.78, 5) is 4.43. The lowest BCUT2D eigenvalue weighted by Gasteiger charge is -2.22. The number of hydrogen-bond donors (Lipinski definition) is 1. The summed E-state index contributed by atoms with van der Waals surface area (Å²) in [6.07, 6.45) is 1.99. The molecular formula is C16H23N3. The molecule has 0 saturated heterocycles. The lowest BCUT2D eigenvalue weighted by molar-refractivity contribution is 0.589. The van der Waals surface area contributed by atoms with Crippen LogP contribution < -0.4 is 5.73 Å². The van der Waals surface area contributed by atoms with E-state index in [1.165, 1.54) is 22.3 Å². The maximum atomic E-state index is 5.83. The van der Waals surface area contributed by atoms with Crippen molar-refractivity contribution in [3.05, 3.63) is 35.0 Å². The predicted molar refractivity (Wildman–Crippen MR) is 81.2 cm³/mol. The summed E-state index contributed by atoms with van der Waals surface area (Å²) in [6, 6.07) is 4.51. The molecule has 1 aromatic carbocycles. The van der Waals surface area contributed by atoms with Gasteiger partial charge in [0, 0.05) is 18.8 Å². The van der Waals surface area contributed by atoms with E-state index in [2.05, 4.69) is 51.7 Å². The Hall–Kier alpha value is -1.77. The Morgan fingerprint density at radius 1 is 1.11 bits per heavy atom. The van der Waals surface area contributed by atoms with E-state index in [1.807, 2.05) is 17.8 Å². The molecular weight excluding hydrogens is 234 g/mol. The van der Waals surface area contributed by atoms with Crippen LogP contribution in [0.4, 0.5) is 5.95 Å². The molecule has 1 heterocycles. The van der Waals surface area contributed by atoms with Gasteiger partial charge in [0.15, 0.2) is 5.95 Å². The summed E-state index contributed by atoms with van der Waals surface area (Å²) in [5.74, 6) is 0.550. The van der Waals surface area contributed by atoms with Crippen molar-refractivity contribution in [2.45, 2.75) is 40.0 Å². The Balaban J connectivity index is 2.60. The number of aryl methyl sites for hydroxylation is 3. The van der Waals surface area contributed by atoms with Crippen molar-refractivity contribution in [3.8, 4) is 11.3 Å². The van der Waals surface area contributed by atoms with Gasteiger partial charge in [0.25, 0.3) is 0 Å². The normalized spacial score (nSPS) is 11.9. The Labute approximate surface area is 115 Å². The van der Waals surface area contributed by atoms with Crippen LogP contribution in [0, 0.1) is 13.8 Å². The van der Waals surface area contributed by atoms with E-state index in [4.69, 9.17) is 5.73 Å². The molecule has 2 rings (SSSR count). The maximum absolute atomic E-state index is 5.83.